The minimum absolute atomic E-state index is 0.124. The molecule has 3 fully saturated rings. The second-order valence-corrected chi connectivity index (χ2v) is 7.58. The number of fused-ring (bicyclic) bond motifs is 4. The highest BCUT2D eigenvalue weighted by atomic mass is 16.5. The molecule has 0 aliphatic carbocycles. The first kappa shape index (κ1) is 16.6. The Morgan fingerprint density at radius 1 is 1.40 bits per heavy atom. The molecule has 0 amide bonds. The highest BCUT2D eigenvalue weighted by Crippen LogP contribution is 2.44. The number of methoxy groups -OCH3 is 1. The van der Waals surface area contributed by atoms with Gasteiger partial charge in [0.05, 0.1) is 12.6 Å². The molecule has 132 valence electrons. The van der Waals surface area contributed by atoms with Crippen LogP contribution in [0.15, 0.2) is 43.1 Å². The van der Waals surface area contributed by atoms with Crippen LogP contribution in [-0.4, -0.2) is 41.2 Å². The lowest BCUT2D eigenvalue weighted by atomic mass is 9.70. The van der Waals surface area contributed by atoms with Gasteiger partial charge in [-0.25, -0.2) is 0 Å². The van der Waals surface area contributed by atoms with Gasteiger partial charge in [-0.15, -0.1) is 6.58 Å². The topological polar surface area (TPSA) is 45.6 Å². The molecular weight excluding hydrogens is 312 g/mol. The fourth-order valence-electron chi connectivity index (χ4n) is 4.79. The van der Waals surface area contributed by atoms with E-state index in [-0.39, 0.29) is 6.04 Å². The molecule has 0 radical (unpaired) electrons. The van der Waals surface area contributed by atoms with Gasteiger partial charge in [-0.1, -0.05) is 6.08 Å². The summed E-state index contributed by atoms with van der Waals surface area (Å²) in [5.74, 6) is 1.96. The first-order chi connectivity index (χ1) is 12.0. The molecule has 2 bridgehead atoms. The Morgan fingerprint density at radius 3 is 2.92 bits per heavy atom. The number of rotatable bonds is 4. The highest BCUT2D eigenvalue weighted by molar-refractivity contribution is 5.84. The van der Waals surface area contributed by atoms with Crippen LogP contribution in [0.5, 0.6) is 5.75 Å². The van der Waals surface area contributed by atoms with E-state index in [1.807, 2.05) is 31.2 Å². The van der Waals surface area contributed by atoms with Gasteiger partial charge in [0.25, 0.3) is 0 Å². The van der Waals surface area contributed by atoms with Crippen molar-refractivity contribution in [3.05, 3.63) is 48.7 Å². The van der Waals surface area contributed by atoms with Crippen molar-refractivity contribution >= 4 is 10.9 Å². The summed E-state index contributed by atoms with van der Waals surface area (Å²) >= 11 is 0. The van der Waals surface area contributed by atoms with Crippen molar-refractivity contribution in [2.75, 3.05) is 20.2 Å². The zero-order chi connectivity index (χ0) is 17.6. The van der Waals surface area contributed by atoms with Gasteiger partial charge in [-0.3, -0.25) is 9.88 Å². The van der Waals surface area contributed by atoms with Crippen LogP contribution in [0, 0.1) is 11.8 Å². The SMILES string of the molecule is C=CC1CN2CCC1CC2[C@](C)(O)c1ccnc2ccc(OC)cc12. The lowest BCUT2D eigenvalue weighted by molar-refractivity contribution is -0.0986. The van der Waals surface area contributed by atoms with Gasteiger partial charge in [0.15, 0.2) is 0 Å². The molecule has 5 atom stereocenters. The normalized spacial score (nSPS) is 30.8. The van der Waals surface area contributed by atoms with Crippen LogP contribution in [0.1, 0.15) is 25.3 Å². The van der Waals surface area contributed by atoms with Crippen LogP contribution in [0.2, 0.25) is 0 Å². The Hall–Kier alpha value is -1.91. The van der Waals surface area contributed by atoms with E-state index in [2.05, 4.69) is 22.5 Å². The van der Waals surface area contributed by atoms with Crippen molar-refractivity contribution in [2.45, 2.75) is 31.4 Å². The molecule has 25 heavy (non-hydrogen) atoms. The summed E-state index contributed by atoms with van der Waals surface area (Å²) in [5.41, 5.74) is 0.890. The molecule has 4 heterocycles. The van der Waals surface area contributed by atoms with Crippen LogP contribution in [0.4, 0.5) is 0 Å². The molecule has 5 rings (SSSR count). The van der Waals surface area contributed by atoms with Crippen molar-refractivity contribution < 1.29 is 9.84 Å². The van der Waals surface area contributed by atoms with Crippen molar-refractivity contribution in [3.8, 4) is 5.75 Å². The van der Waals surface area contributed by atoms with Gasteiger partial charge >= 0.3 is 0 Å². The highest BCUT2D eigenvalue weighted by Gasteiger charge is 2.47. The van der Waals surface area contributed by atoms with E-state index in [9.17, 15) is 5.11 Å². The number of hydrogen-bond donors (Lipinski definition) is 1. The van der Waals surface area contributed by atoms with Gasteiger partial charge in [0, 0.05) is 24.2 Å². The zero-order valence-electron chi connectivity index (χ0n) is 15.0. The summed E-state index contributed by atoms with van der Waals surface area (Å²) in [6.07, 6.45) is 6.10. The Kier molecular flexibility index (Phi) is 4.05. The minimum atomic E-state index is -0.932. The van der Waals surface area contributed by atoms with Crippen molar-refractivity contribution in [1.29, 1.82) is 0 Å². The Balaban J connectivity index is 1.76. The van der Waals surface area contributed by atoms with E-state index in [0.717, 1.165) is 41.7 Å². The van der Waals surface area contributed by atoms with Gasteiger partial charge in [0.2, 0.25) is 0 Å². The number of aliphatic hydroxyl groups is 1. The monoisotopic (exact) mass is 338 g/mol. The maximum atomic E-state index is 11.6. The quantitative estimate of drug-likeness (QED) is 0.869. The van der Waals surface area contributed by atoms with Crippen LogP contribution < -0.4 is 4.74 Å². The molecule has 1 N–H and O–H groups in total. The first-order valence-electron chi connectivity index (χ1n) is 9.07. The van der Waals surface area contributed by atoms with Gasteiger partial charge in [-0.05, 0) is 68.0 Å². The minimum Gasteiger partial charge on any atom is -0.497 e. The molecule has 1 aromatic carbocycles. The first-order valence-corrected chi connectivity index (χ1v) is 9.07. The average Bonchev–Trinajstić information content (AvgIpc) is 2.67. The third kappa shape index (κ3) is 2.64. The summed E-state index contributed by atoms with van der Waals surface area (Å²) in [6, 6.07) is 7.92. The molecule has 4 heteroatoms. The van der Waals surface area contributed by atoms with Crippen molar-refractivity contribution in [2.24, 2.45) is 11.8 Å². The molecule has 1 aromatic heterocycles. The largest absolute Gasteiger partial charge is 0.497 e. The molecule has 0 saturated carbocycles. The van der Waals surface area contributed by atoms with E-state index in [1.54, 1.807) is 13.3 Å². The second-order valence-electron chi connectivity index (χ2n) is 7.58. The number of pyridine rings is 1. The Bertz CT molecular complexity index is 802. The maximum Gasteiger partial charge on any atom is 0.119 e. The summed E-state index contributed by atoms with van der Waals surface area (Å²) in [6.45, 7) is 8.01. The zero-order valence-corrected chi connectivity index (χ0v) is 15.0. The predicted octanol–water partition coefficient (Wildman–Crippen LogP) is 3.35. The molecule has 4 nitrogen and oxygen atoms in total. The molecule has 3 aliphatic heterocycles. The molecule has 0 spiro atoms. The predicted molar refractivity (Wildman–Crippen MR) is 99.6 cm³/mol. The third-order valence-corrected chi connectivity index (χ3v) is 6.25. The molecular formula is C21H26N2O2. The Morgan fingerprint density at radius 2 is 2.24 bits per heavy atom. The summed E-state index contributed by atoms with van der Waals surface area (Å²) in [7, 11) is 1.66. The lowest BCUT2D eigenvalue weighted by Gasteiger charge is -2.53. The van der Waals surface area contributed by atoms with Crippen molar-refractivity contribution in [3.63, 3.8) is 0 Å². The number of aromatic nitrogens is 1. The van der Waals surface area contributed by atoms with E-state index >= 15 is 0 Å². The molecule has 3 saturated heterocycles. The Labute approximate surface area is 149 Å². The fourth-order valence-corrected chi connectivity index (χ4v) is 4.79. The number of ether oxygens (including phenoxy) is 1. The second kappa shape index (κ2) is 6.11. The third-order valence-electron chi connectivity index (χ3n) is 6.25. The maximum absolute atomic E-state index is 11.6. The van der Waals surface area contributed by atoms with Gasteiger partial charge in [-0.2, -0.15) is 0 Å². The van der Waals surface area contributed by atoms with E-state index in [4.69, 9.17) is 4.74 Å². The standard InChI is InChI=1S/C21H26N2O2/c1-4-14-13-23-10-8-15(14)11-20(23)21(2,24)18-7-9-22-19-6-5-16(25-3)12-17(18)19/h4-7,9,12,14-15,20,24H,1,8,10-11,13H2,2-3H3/t14?,15?,20?,21-/m1/s1. The molecule has 3 aliphatic rings. The lowest BCUT2D eigenvalue weighted by Crippen LogP contribution is -2.59. The summed E-state index contributed by atoms with van der Waals surface area (Å²) in [4.78, 5) is 6.90. The smallest absolute Gasteiger partial charge is 0.119 e. The van der Waals surface area contributed by atoms with Crippen LogP contribution >= 0.6 is 0 Å². The summed E-state index contributed by atoms with van der Waals surface area (Å²) < 4.78 is 5.38. The number of hydrogen-bond acceptors (Lipinski definition) is 4. The number of benzene rings is 1. The van der Waals surface area contributed by atoms with E-state index in [0.29, 0.717) is 11.8 Å². The number of nitrogens with zero attached hydrogens (tertiary/aromatic N) is 2. The molecule has 2 aromatic rings. The van der Waals surface area contributed by atoms with E-state index < -0.39 is 5.60 Å². The van der Waals surface area contributed by atoms with Crippen LogP contribution in [-0.2, 0) is 5.60 Å². The van der Waals surface area contributed by atoms with Gasteiger partial charge in [0.1, 0.15) is 11.4 Å². The molecule has 4 unspecified atom stereocenters. The van der Waals surface area contributed by atoms with Crippen molar-refractivity contribution in [1.82, 2.24) is 9.88 Å². The summed E-state index contributed by atoms with van der Waals surface area (Å²) in [5, 5.41) is 12.6. The average molecular weight is 338 g/mol. The number of piperidine rings is 3. The van der Waals surface area contributed by atoms with Gasteiger partial charge < -0.3 is 9.84 Å². The van der Waals surface area contributed by atoms with Crippen LogP contribution in [0.3, 0.4) is 0 Å². The fraction of sp³-hybridized carbons (Fsp3) is 0.476. The van der Waals surface area contributed by atoms with E-state index in [1.165, 1.54) is 6.42 Å². The van der Waals surface area contributed by atoms with Crippen LogP contribution in [0.25, 0.3) is 10.9 Å².